The van der Waals surface area contributed by atoms with Gasteiger partial charge >= 0.3 is 0 Å². The van der Waals surface area contributed by atoms with Gasteiger partial charge in [0.2, 0.25) is 7.98 Å². The molecule has 4 heteroatoms. The Bertz CT molecular complexity index is 44.2. The second-order valence-corrected chi connectivity index (χ2v) is 2.93. The van der Waals surface area contributed by atoms with Gasteiger partial charge in [-0.1, -0.05) is 25.8 Å². The Morgan fingerprint density at radius 3 is 2.14 bits per heavy atom. The highest BCUT2D eigenvalue weighted by Crippen LogP contribution is 2.12. The van der Waals surface area contributed by atoms with E-state index in [2.05, 4.69) is 7.98 Å². The number of rotatable bonds is 2. The van der Waals surface area contributed by atoms with E-state index in [0.717, 1.165) is 11.9 Å². The molecular weight excluding hydrogens is 112 g/mol. The van der Waals surface area contributed by atoms with Crippen molar-refractivity contribution in [2.45, 2.75) is 19.1 Å². The summed E-state index contributed by atoms with van der Waals surface area (Å²) in [6.07, 6.45) is 0. The summed E-state index contributed by atoms with van der Waals surface area (Å²) in [7, 11) is 4.62. The molecule has 0 heterocycles. The van der Waals surface area contributed by atoms with Gasteiger partial charge in [0.15, 0.2) is 0 Å². The lowest BCUT2D eigenvalue weighted by Crippen LogP contribution is -2.01. The monoisotopic (exact) mass is 119 g/mol. The van der Waals surface area contributed by atoms with Crippen LogP contribution in [0.25, 0.3) is 0 Å². The van der Waals surface area contributed by atoms with E-state index in [-0.39, 0.29) is 9.69 Å². The van der Waals surface area contributed by atoms with E-state index in [4.69, 9.17) is 0 Å². The second-order valence-electron chi connectivity index (χ2n) is 1.43. The molecule has 7 heavy (non-hydrogen) atoms. The van der Waals surface area contributed by atoms with Gasteiger partial charge in [-0.15, -0.1) is 8.92 Å². The van der Waals surface area contributed by atoms with Crippen molar-refractivity contribution >= 4 is 19.9 Å². The highest BCUT2D eigenvalue weighted by molar-refractivity contribution is 7.98. The zero-order chi connectivity index (χ0) is 5.86. The number of nitrogens with zero attached hydrogens (tertiary/aromatic N) is 1. The Morgan fingerprint density at radius 1 is 1.71 bits per heavy atom. The minimum Gasteiger partial charge on any atom is -0.150 e. The van der Waals surface area contributed by atoms with Crippen molar-refractivity contribution in [1.29, 1.82) is 0 Å². The molecule has 0 aliphatic heterocycles. The molecule has 0 spiro atoms. The van der Waals surface area contributed by atoms with Crippen molar-refractivity contribution in [3.05, 3.63) is 0 Å². The predicted octanol–water partition coefficient (Wildman–Crippen LogP) is 1.31. The molecule has 0 atom stereocenters. The van der Waals surface area contributed by atoms with Gasteiger partial charge in [0.1, 0.15) is 0 Å². The van der Waals surface area contributed by atoms with Crippen molar-refractivity contribution in [1.82, 2.24) is 4.44 Å². The van der Waals surface area contributed by atoms with E-state index in [1.807, 2.05) is 13.8 Å². The standard InChI is InChI=1S/C3H7BFNS/c1-3(2)7-6(4)5/h3H,1-2H3. The van der Waals surface area contributed by atoms with Crippen molar-refractivity contribution in [3.63, 3.8) is 0 Å². The molecule has 1 nitrogen and oxygen atoms in total. The van der Waals surface area contributed by atoms with Crippen LogP contribution in [0.5, 0.6) is 0 Å². The van der Waals surface area contributed by atoms with Crippen LogP contribution in [0.2, 0.25) is 0 Å². The zero-order valence-electron chi connectivity index (χ0n) is 4.39. The van der Waals surface area contributed by atoms with Crippen LogP contribution in [0.3, 0.4) is 0 Å². The highest BCUT2D eigenvalue weighted by atomic mass is 32.2. The van der Waals surface area contributed by atoms with Crippen LogP contribution < -0.4 is 0 Å². The fourth-order valence-electron chi connectivity index (χ4n) is 0.201. The molecule has 0 aromatic carbocycles. The lowest BCUT2D eigenvalue weighted by molar-refractivity contribution is 0.288. The Balaban J connectivity index is 2.95. The summed E-state index contributed by atoms with van der Waals surface area (Å²) in [6, 6.07) is 0. The molecule has 0 saturated heterocycles. The highest BCUT2D eigenvalue weighted by Gasteiger charge is 1.96. The van der Waals surface area contributed by atoms with E-state index >= 15 is 0 Å². The Labute approximate surface area is 48.8 Å². The summed E-state index contributed by atoms with van der Waals surface area (Å²) in [5.41, 5.74) is 0. The number of hydrogen-bond donors (Lipinski definition) is 0. The van der Waals surface area contributed by atoms with Gasteiger partial charge in [-0.2, -0.15) is 0 Å². The summed E-state index contributed by atoms with van der Waals surface area (Å²) < 4.78 is 11.6. The third-order valence-electron chi connectivity index (χ3n) is 0.312. The summed E-state index contributed by atoms with van der Waals surface area (Å²) in [5.74, 6) is 0. The quantitative estimate of drug-likeness (QED) is 0.306. The maximum absolute atomic E-state index is 11.5. The van der Waals surface area contributed by atoms with Gasteiger partial charge < -0.3 is 0 Å². The first-order chi connectivity index (χ1) is 3.13. The van der Waals surface area contributed by atoms with E-state index in [1.54, 1.807) is 0 Å². The number of hydrogen-bond acceptors (Lipinski definition) is 2. The molecule has 0 aromatic rings. The Morgan fingerprint density at radius 2 is 2.14 bits per heavy atom. The molecule has 0 bridgehead atoms. The summed E-state index contributed by atoms with van der Waals surface area (Å²) in [5, 5.41) is 0.218. The van der Waals surface area contributed by atoms with E-state index in [0.29, 0.717) is 0 Å². The van der Waals surface area contributed by atoms with Crippen LogP contribution in [0.1, 0.15) is 13.8 Å². The summed E-state index contributed by atoms with van der Waals surface area (Å²) in [4.78, 5) is 0. The molecule has 2 radical (unpaired) electrons. The molecule has 0 amide bonds. The number of halogens is 1. The van der Waals surface area contributed by atoms with Gasteiger partial charge in [-0.3, -0.25) is 0 Å². The van der Waals surface area contributed by atoms with E-state index in [9.17, 15) is 4.48 Å². The Kier molecular flexibility index (Phi) is 3.47. The fraction of sp³-hybridized carbons (Fsp3) is 1.00. The fourth-order valence-corrected chi connectivity index (χ4v) is 0.604. The normalized spacial score (nSPS) is 11.0. The van der Waals surface area contributed by atoms with Gasteiger partial charge in [0.05, 0.1) is 0 Å². The van der Waals surface area contributed by atoms with Crippen molar-refractivity contribution in [2.24, 2.45) is 0 Å². The molecule has 0 aromatic heterocycles. The molecule has 0 aliphatic carbocycles. The predicted molar refractivity (Wildman–Crippen MR) is 31.4 cm³/mol. The first-order valence-corrected chi connectivity index (χ1v) is 2.84. The molecule has 0 saturated carbocycles. The lowest BCUT2D eigenvalue weighted by atomic mass is 10.5. The maximum atomic E-state index is 11.5. The van der Waals surface area contributed by atoms with E-state index in [1.165, 1.54) is 0 Å². The molecular formula is C3H7BFNS. The average Bonchev–Trinajstić information content (AvgIpc) is 1.27. The SMILES string of the molecule is [B]N(F)SC(C)C. The van der Waals surface area contributed by atoms with Crippen LogP contribution >= 0.6 is 11.9 Å². The van der Waals surface area contributed by atoms with Crippen LogP contribution in [-0.2, 0) is 0 Å². The van der Waals surface area contributed by atoms with Gasteiger partial charge in [-0.25, -0.2) is 0 Å². The molecule has 0 rings (SSSR count). The molecule has 0 fully saturated rings. The summed E-state index contributed by atoms with van der Waals surface area (Å²) >= 11 is 0.954. The summed E-state index contributed by atoms with van der Waals surface area (Å²) in [6.45, 7) is 3.73. The lowest BCUT2D eigenvalue weighted by Gasteiger charge is -2.05. The van der Waals surface area contributed by atoms with Gasteiger partial charge in [0, 0.05) is 5.25 Å². The molecule has 0 aliphatic rings. The minimum atomic E-state index is 0.116. The van der Waals surface area contributed by atoms with Crippen molar-refractivity contribution < 1.29 is 4.48 Å². The van der Waals surface area contributed by atoms with Gasteiger partial charge in [0.25, 0.3) is 0 Å². The van der Waals surface area contributed by atoms with Crippen LogP contribution in [0.15, 0.2) is 0 Å². The van der Waals surface area contributed by atoms with Crippen molar-refractivity contribution in [3.8, 4) is 0 Å². The third-order valence-corrected chi connectivity index (χ3v) is 0.935. The van der Waals surface area contributed by atoms with E-state index < -0.39 is 0 Å². The smallest absolute Gasteiger partial charge is 0.150 e. The largest absolute Gasteiger partial charge is 0.250 e. The molecule has 0 N–H and O–H groups in total. The average molecular weight is 119 g/mol. The Hall–Kier alpha value is 0.305. The van der Waals surface area contributed by atoms with Crippen LogP contribution in [0, 0.1) is 0 Å². The first kappa shape index (κ1) is 7.30. The van der Waals surface area contributed by atoms with Crippen LogP contribution in [-0.4, -0.2) is 17.7 Å². The molecule has 0 unspecified atom stereocenters. The molecule has 40 valence electrons. The maximum Gasteiger partial charge on any atom is 0.250 e. The third kappa shape index (κ3) is 6.30. The first-order valence-electron chi connectivity index (χ1n) is 2.00. The van der Waals surface area contributed by atoms with Crippen molar-refractivity contribution in [2.75, 3.05) is 0 Å². The second kappa shape index (κ2) is 3.33. The van der Waals surface area contributed by atoms with Crippen LogP contribution in [0.4, 0.5) is 4.48 Å². The van der Waals surface area contributed by atoms with Gasteiger partial charge in [-0.05, 0) is 0 Å². The topological polar surface area (TPSA) is 3.24 Å². The minimum absolute atomic E-state index is 0.116. The zero-order valence-corrected chi connectivity index (χ0v) is 5.20.